The van der Waals surface area contributed by atoms with Crippen molar-refractivity contribution in [1.29, 1.82) is 0 Å². The van der Waals surface area contributed by atoms with E-state index in [4.69, 9.17) is 14.7 Å². The Labute approximate surface area is 342 Å². The fourth-order valence-corrected chi connectivity index (χ4v) is 9.41. The highest BCUT2D eigenvalue weighted by atomic mass is 16.6. The number of carbonyl (C=O) groups excluding carboxylic acids is 1. The van der Waals surface area contributed by atoms with E-state index in [-0.39, 0.29) is 83.0 Å². The first-order valence-electron chi connectivity index (χ1n) is 19.9. The van der Waals surface area contributed by atoms with Crippen molar-refractivity contribution in [3.8, 4) is 45.7 Å². The monoisotopic (exact) mass is 815 g/mol. The number of piperazine rings is 1. The van der Waals surface area contributed by atoms with Crippen LogP contribution in [0.25, 0.3) is 39.4 Å². The molecule has 60 heavy (non-hydrogen) atoms. The first-order chi connectivity index (χ1) is 28.7. The van der Waals surface area contributed by atoms with E-state index in [9.17, 15) is 39.6 Å². The van der Waals surface area contributed by atoms with Crippen molar-refractivity contribution in [2.75, 3.05) is 26.2 Å². The number of pyridine rings is 3. The fourth-order valence-electron chi connectivity index (χ4n) is 9.41. The third-order valence-corrected chi connectivity index (χ3v) is 12.6. The summed E-state index contributed by atoms with van der Waals surface area (Å²) in [5, 5.41) is 48.9. The second-order valence-electron chi connectivity index (χ2n) is 16.0. The van der Waals surface area contributed by atoms with Gasteiger partial charge in [-0.15, -0.1) is 0 Å². The number of H-pyrrole nitrogens is 1. The van der Waals surface area contributed by atoms with Crippen molar-refractivity contribution < 1.29 is 34.8 Å². The van der Waals surface area contributed by atoms with Crippen LogP contribution in [0.3, 0.4) is 0 Å². The van der Waals surface area contributed by atoms with E-state index in [0.29, 0.717) is 57.6 Å². The zero-order chi connectivity index (χ0) is 42.4. The van der Waals surface area contributed by atoms with Crippen LogP contribution in [0.15, 0.2) is 70.4 Å². The van der Waals surface area contributed by atoms with Gasteiger partial charge in [-0.1, -0.05) is 27.7 Å². The van der Waals surface area contributed by atoms with Crippen molar-refractivity contribution in [1.82, 2.24) is 38.7 Å². The number of aromatic hydroxyl groups is 3. The molecule has 0 aliphatic carbocycles. The Hall–Kier alpha value is -7.01. The minimum Gasteiger partial charge on any atom is -0.508 e. The molecule has 5 N–H and O–H groups in total. The molecule has 1 atom stereocenters. The molecule has 17 nitrogen and oxygen atoms in total. The van der Waals surface area contributed by atoms with Crippen molar-refractivity contribution >= 4 is 28.8 Å². The lowest BCUT2D eigenvalue weighted by atomic mass is 9.79. The summed E-state index contributed by atoms with van der Waals surface area (Å²) in [5.41, 5.74) is 2.16. The number of carbonyl (C=O) groups is 2. The van der Waals surface area contributed by atoms with Gasteiger partial charge in [-0.3, -0.25) is 14.2 Å². The number of nitrogens with one attached hydrogen (secondary N) is 1. The van der Waals surface area contributed by atoms with Crippen LogP contribution in [0.4, 0.5) is 10.6 Å². The number of aromatic amines is 1. The Bertz CT molecular complexity index is 2890. The number of aromatic nitrogens is 6. The molecule has 0 radical (unpaired) electrons. The van der Waals surface area contributed by atoms with Crippen LogP contribution in [-0.4, -0.2) is 92.9 Å². The SMILES string of the molecule is CCC1(CC)OC(=O)[C@@H]([N+]2(c3ccc(-n4c(-c5cc(C(C)C)c(O)cc5O)n[nH]c4=O)cn3)CCN(C(=O)O)CC2)c2cc3n(c(=O)c21)Cc1cc2cc(O)ccc2nc1-3. The molecule has 17 heteroatoms. The first kappa shape index (κ1) is 38.5. The minimum absolute atomic E-state index is 0.0430. The molecule has 7 heterocycles. The number of carboxylic acid groups (broad SMARTS) is 1. The molecule has 1 amide bonds. The molecule has 3 aliphatic heterocycles. The van der Waals surface area contributed by atoms with Gasteiger partial charge >= 0.3 is 17.8 Å². The number of rotatable bonds is 7. The number of benzene rings is 2. The molecule has 2 aromatic carbocycles. The van der Waals surface area contributed by atoms with Crippen LogP contribution in [0.1, 0.15) is 74.8 Å². The van der Waals surface area contributed by atoms with E-state index in [0.717, 1.165) is 5.56 Å². The van der Waals surface area contributed by atoms with Crippen LogP contribution >= 0.6 is 0 Å². The van der Waals surface area contributed by atoms with Gasteiger partial charge in [0.2, 0.25) is 11.9 Å². The number of nitrogens with zero attached hydrogens (tertiary/aromatic N) is 7. The molecule has 0 spiro atoms. The largest absolute Gasteiger partial charge is 0.508 e. The van der Waals surface area contributed by atoms with Gasteiger partial charge in [0.05, 0.1) is 59.5 Å². The topological polar surface area (TPSA) is 226 Å². The summed E-state index contributed by atoms with van der Waals surface area (Å²) < 4.78 is 9.12. The molecule has 0 bridgehead atoms. The number of fused-ring (bicyclic) bond motifs is 5. The van der Waals surface area contributed by atoms with Gasteiger partial charge in [-0.25, -0.2) is 34.0 Å². The first-order valence-corrected chi connectivity index (χ1v) is 19.9. The Balaban J connectivity index is 1.22. The van der Waals surface area contributed by atoms with Crippen LogP contribution in [0, 0.1) is 0 Å². The van der Waals surface area contributed by atoms with Gasteiger partial charge < -0.3 is 29.7 Å². The Kier molecular flexibility index (Phi) is 8.85. The highest BCUT2D eigenvalue weighted by molar-refractivity contribution is 5.87. The van der Waals surface area contributed by atoms with Gasteiger partial charge in [0.1, 0.15) is 35.9 Å². The predicted octanol–water partition coefficient (Wildman–Crippen LogP) is 5.22. The molecule has 1 fully saturated rings. The molecular formula is C43H43N8O9+. The molecule has 0 saturated carbocycles. The second kappa shape index (κ2) is 13.8. The third-order valence-electron chi connectivity index (χ3n) is 12.6. The number of cyclic esters (lactones) is 1. The molecule has 308 valence electrons. The summed E-state index contributed by atoms with van der Waals surface area (Å²) in [6.45, 7) is 8.01. The van der Waals surface area contributed by atoms with Gasteiger partial charge in [-0.2, -0.15) is 5.10 Å². The summed E-state index contributed by atoms with van der Waals surface area (Å²) in [5.74, 6) is -0.548. The van der Waals surface area contributed by atoms with E-state index >= 15 is 0 Å². The molecular weight excluding hydrogens is 773 g/mol. The Morgan fingerprint density at radius 3 is 2.40 bits per heavy atom. The van der Waals surface area contributed by atoms with Crippen LogP contribution in [0.5, 0.6) is 17.2 Å². The van der Waals surface area contributed by atoms with E-state index in [1.54, 1.807) is 41.0 Å². The van der Waals surface area contributed by atoms with Crippen molar-refractivity contribution in [3.63, 3.8) is 0 Å². The molecule has 3 aliphatic rings. The number of phenols is 3. The average molecular weight is 816 g/mol. The lowest BCUT2D eigenvalue weighted by Crippen LogP contribution is -2.66. The zero-order valence-electron chi connectivity index (χ0n) is 33.3. The van der Waals surface area contributed by atoms with Crippen LogP contribution in [0.2, 0.25) is 0 Å². The molecule has 4 aromatic heterocycles. The highest BCUT2D eigenvalue weighted by Gasteiger charge is 2.57. The number of ether oxygens (including phenoxy) is 1. The quantitative estimate of drug-likeness (QED) is 0.103. The van der Waals surface area contributed by atoms with Crippen LogP contribution in [-0.2, 0) is 21.7 Å². The number of amides is 1. The van der Waals surface area contributed by atoms with E-state index in [1.165, 1.54) is 21.7 Å². The highest BCUT2D eigenvalue weighted by Crippen LogP contribution is 2.49. The van der Waals surface area contributed by atoms with Gasteiger partial charge in [0.15, 0.2) is 5.82 Å². The number of hydrogen-bond donors (Lipinski definition) is 5. The predicted molar refractivity (Wildman–Crippen MR) is 219 cm³/mol. The Morgan fingerprint density at radius 2 is 1.73 bits per heavy atom. The van der Waals surface area contributed by atoms with E-state index in [2.05, 4.69) is 10.2 Å². The number of hydrogen-bond acceptors (Lipinski definition) is 11. The average Bonchev–Trinajstić information content (AvgIpc) is 3.79. The lowest BCUT2D eigenvalue weighted by Gasteiger charge is -2.50. The number of quaternary nitrogens is 1. The molecule has 9 rings (SSSR count). The smallest absolute Gasteiger partial charge is 0.407 e. The van der Waals surface area contributed by atoms with Crippen LogP contribution < -0.4 is 15.7 Å². The van der Waals surface area contributed by atoms with Crippen molar-refractivity contribution in [2.24, 2.45) is 0 Å². The molecule has 0 unspecified atom stereocenters. The van der Waals surface area contributed by atoms with Crippen molar-refractivity contribution in [3.05, 3.63) is 104 Å². The summed E-state index contributed by atoms with van der Waals surface area (Å²) in [4.78, 5) is 66.4. The maximum Gasteiger partial charge on any atom is 0.407 e. The standard InChI is InChI=1S/C43H42N8O9/c1-5-43(6-2)35-29(18-31-36-24(21-49(31)39(35)55)15-23-16-26(52)8-9-30(23)45-36)37(40(56)60-43)51(13-11-48(12-14-51)42(58)59)34-10-7-25(20-44-34)50-38(46-47-41(50)57)28-17-27(22(3)4)32(53)19-33(28)54/h7-10,15-20,22,37H,5-6,11-14,21H2,1-4H3,(H4-,45,46,47,52,53,54,55,57,58,59)/p+1/t37-/m0/s1. The third kappa shape index (κ3) is 5.66. The van der Waals surface area contributed by atoms with Crippen molar-refractivity contribution in [2.45, 2.75) is 64.6 Å². The minimum atomic E-state index is -1.24. The number of esters is 1. The fraction of sp³-hybridized carbons (Fsp3) is 0.326. The maximum absolute atomic E-state index is 15.0. The van der Waals surface area contributed by atoms with Gasteiger partial charge in [0, 0.05) is 28.6 Å². The summed E-state index contributed by atoms with van der Waals surface area (Å²) in [6, 6.07) is 13.6. The second-order valence-corrected chi connectivity index (χ2v) is 16.0. The maximum atomic E-state index is 15.0. The molecule has 1 saturated heterocycles. The Morgan fingerprint density at radius 1 is 0.983 bits per heavy atom. The van der Waals surface area contributed by atoms with Gasteiger partial charge in [-0.05, 0) is 66.8 Å². The van der Waals surface area contributed by atoms with E-state index in [1.807, 2.05) is 39.8 Å². The number of phenolic OH excluding ortho intramolecular Hbond substituents is 3. The normalized spacial score (nSPS) is 17.6. The summed E-state index contributed by atoms with van der Waals surface area (Å²) in [7, 11) is 0. The summed E-state index contributed by atoms with van der Waals surface area (Å²) >= 11 is 0. The van der Waals surface area contributed by atoms with Gasteiger partial charge in [0.25, 0.3) is 5.56 Å². The van der Waals surface area contributed by atoms with E-state index < -0.39 is 29.4 Å². The lowest BCUT2D eigenvalue weighted by molar-refractivity contribution is -0.174. The summed E-state index contributed by atoms with van der Waals surface area (Å²) in [6.07, 6.45) is 0.990. The molecule has 6 aromatic rings. The zero-order valence-corrected chi connectivity index (χ0v) is 33.3.